The van der Waals surface area contributed by atoms with Gasteiger partial charge in [0, 0.05) is 32.1 Å². The monoisotopic (exact) mass is 680 g/mol. The molecule has 18 heteroatoms. The quantitative estimate of drug-likeness (QED) is 0.320. The van der Waals surface area contributed by atoms with Crippen molar-refractivity contribution in [3.63, 3.8) is 0 Å². The second-order valence-corrected chi connectivity index (χ2v) is 14.0. The third-order valence-corrected chi connectivity index (χ3v) is 9.28. The smallest absolute Gasteiger partial charge is 0.470 e. The largest absolute Gasteiger partial charge is 0.471 e. The van der Waals surface area contributed by atoms with E-state index in [0.29, 0.717) is 19.0 Å². The van der Waals surface area contributed by atoms with Gasteiger partial charge >= 0.3 is 18.3 Å². The van der Waals surface area contributed by atoms with Crippen molar-refractivity contribution in [2.24, 2.45) is 35.6 Å². The number of nitrogens with one attached hydrogen (secondary N) is 3. The first-order chi connectivity index (χ1) is 21.4. The van der Waals surface area contributed by atoms with Crippen LogP contribution in [0.4, 0.5) is 26.3 Å². The first-order valence-electron chi connectivity index (χ1n) is 15.0. The Morgan fingerprint density at radius 1 is 1.11 bits per heavy atom. The third kappa shape index (κ3) is 7.50. The number of amides is 4. The Bertz CT molecular complexity index is 1430. The lowest BCUT2D eigenvalue weighted by molar-refractivity contribution is -0.176. The van der Waals surface area contributed by atoms with Gasteiger partial charge in [0.15, 0.2) is 18.1 Å². The van der Waals surface area contributed by atoms with Crippen molar-refractivity contribution < 1.29 is 55.1 Å². The Hall–Kier alpha value is -3.86. The summed E-state index contributed by atoms with van der Waals surface area (Å²) in [5.74, 6) is -6.86. The van der Waals surface area contributed by atoms with Crippen molar-refractivity contribution in [2.75, 3.05) is 19.7 Å². The molecule has 1 saturated carbocycles. The van der Waals surface area contributed by atoms with Gasteiger partial charge < -0.3 is 25.6 Å². The van der Waals surface area contributed by atoms with Crippen molar-refractivity contribution in [3.05, 3.63) is 11.8 Å². The fraction of sp³-hybridized carbons (Fsp3) is 0.724. The summed E-state index contributed by atoms with van der Waals surface area (Å²) < 4.78 is 84.8. The van der Waals surface area contributed by atoms with Crippen molar-refractivity contribution in [1.29, 1.82) is 0 Å². The highest BCUT2D eigenvalue weighted by Gasteiger charge is 2.70. The van der Waals surface area contributed by atoms with Crippen LogP contribution in [0.2, 0.25) is 0 Å². The molecule has 4 amide bonds. The minimum atomic E-state index is -5.26. The van der Waals surface area contributed by atoms with Gasteiger partial charge in [-0.15, -0.1) is 0 Å². The van der Waals surface area contributed by atoms with Gasteiger partial charge in [0.05, 0.1) is 6.04 Å². The van der Waals surface area contributed by atoms with Gasteiger partial charge in [-0.25, -0.2) is 4.68 Å². The molecule has 0 spiro atoms. The van der Waals surface area contributed by atoms with E-state index in [1.165, 1.54) is 27.8 Å². The number of nitrogens with zero attached hydrogens (tertiary/aromatic N) is 3. The lowest BCUT2D eigenvalue weighted by atomic mass is 9.85. The van der Waals surface area contributed by atoms with Gasteiger partial charge in [0.1, 0.15) is 12.1 Å². The summed E-state index contributed by atoms with van der Waals surface area (Å²) in [6.45, 7) is 7.65. The summed E-state index contributed by atoms with van der Waals surface area (Å²) in [6, 6.07) is -3.64. The number of piperidine rings is 1. The van der Waals surface area contributed by atoms with E-state index in [9.17, 15) is 50.3 Å². The normalized spacial score (nSPS) is 25.0. The van der Waals surface area contributed by atoms with Crippen LogP contribution >= 0.6 is 0 Å². The molecule has 2 aliphatic heterocycles. The summed E-state index contributed by atoms with van der Waals surface area (Å²) in [7, 11) is 1.18. The molecule has 0 bridgehead atoms. The van der Waals surface area contributed by atoms with E-state index in [0.717, 1.165) is 9.58 Å². The zero-order chi connectivity index (χ0) is 35.4. The number of alkyl halides is 6. The van der Waals surface area contributed by atoms with Gasteiger partial charge in [-0.2, -0.15) is 31.4 Å². The number of ketones is 1. The van der Waals surface area contributed by atoms with Crippen molar-refractivity contribution in [2.45, 2.75) is 77.9 Å². The molecule has 3 aliphatic rings. The minimum absolute atomic E-state index is 0.0117. The molecule has 3 heterocycles. The number of hydrogen-bond acceptors (Lipinski definition) is 7. The molecule has 0 unspecified atom stereocenters. The van der Waals surface area contributed by atoms with E-state index in [2.05, 4.69) is 15.7 Å². The fourth-order valence-corrected chi connectivity index (χ4v) is 6.49. The van der Waals surface area contributed by atoms with Gasteiger partial charge in [0.25, 0.3) is 0 Å². The number of Topliss-reactive ketones (excluding diaryl/α,β-unsaturated/α-hetero) is 1. The van der Waals surface area contributed by atoms with Gasteiger partial charge in [0.2, 0.25) is 23.6 Å². The van der Waals surface area contributed by atoms with Crippen LogP contribution in [-0.2, 0) is 37.2 Å². The highest BCUT2D eigenvalue weighted by molar-refractivity contribution is 5.97. The van der Waals surface area contributed by atoms with E-state index in [-0.39, 0.29) is 30.7 Å². The van der Waals surface area contributed by atoms with Gasteiger partial charge in [-0.3, -0.25) is 24.0 Å². The Balaban J connectivity index is 1.57. The van der Waals surface area contributed by atoms with Gasteiger partial charge in [-0.05, 0) is 35.5 Å². The Morgan fingerprint density at radius 3 is 2.26 bits per heavy atom. The predicted octanol–water partition coefficient (Wildman–Crippen LogP) is 1.97. The molecule has 6 atom stereocenters. The summed E-state index contributed by atoms with van der Waals surface area (Å²) in [5, 5.41) is 10.3. The van der Waals surface area contributed by atoms with Crippen molar-refractivity contribution >= 4 is 29.4 Å². The SMILES string of the molecule is Cn1nc(C(F)(F)F)cc1OCC(=O)[C@H](C[C@@H]1CCNC1=O)NC(=O)[C@@H]1[C@@H]2[C@H](CN1C(=O)[C@@H](NC(=O)C(F)(F)F)C(C)(C)C)C2(C)C. The lowest BCUT2D eigenvalue weighted by Gasteiger charge is -2.38. The number of rotatable bonds is 10. The first-order valence-corrected chi connectivity index (χ1v) is 15.0. The molecule has 47 heavy (non-hydrogen) atoms. The average Bonchev–Trinajstić information content (AvgIpc) is 3.42. The highest BCUT2D eigenvalue weighted by Crippen LogP contribution is 2.65. The molecular weight excluding hydrogens is 642 g/mol. The number of aromatic nitrogens is 2. The number of halogens is 6. The molecule has 4 rings (SSSR count). The van der Waals surface area contributed by atoms with E-state index >= 15 is 0 Å². The van der Waals surface area contributed by atoms with E-state index in [1.54, 1.807) is 5.32 Å². The summed E-state index contributed by atoms with van der Waals surface area (Å²) in [4.78, 5) is 66.5. The summed E-state index contributed by atoms with van der Waals surface area (Å²) >= 11 is 0. The number of likely N-dealkylation sites (tertiary alicyclic amines) is 1. The molecule has 3 fully saturated rings. The second-order valence-electron chi connectivity index (χ2n) is 14.0. The summed E-state index contributed by atoms with van der Waals surface area (Å²) in [6.07, 6.45) is -9.87. The third-order valence-electron chi connectivity index (χ3n) is 9.28. The highest BCUT2D eigenvalue weighted by atomic mass is 19.4. The Labute approximate surface area is 266 Å². The standard InChI is InChI=1S/C29H38F6N6O6/c1-26(2,3)21(38-25(46)29(33,34)35)24(45)41-11-14-19(27(14,4)5)20(41)23(44)37-15(9-13-7-8-36-22(13)43)16(42)12-47-18-10-17(28(30,31)32)39-40(18)6/h10,13-15,19-21H,7-9,11-12H2,1-6H3,(H,36,43)(H,37,44)(H,38,46)/t13-,14-,15-,19-,20-,21+/m0/s1. The molecule has 0 radical (unpaired) electrons. The molecule has 262 valence electrons. The lowest BCUT2D eigenvalue weighted by Crippen LogP contribution is -2.61. The Kier molecular flexibility index (Phi) is 9.42. The number of aryl methyl sites for hydroxylation is 1. The molecule has 12 nitrogen and oxygen atoms in total. The maximum absolute atomic E-state index is 13.9. The number of carbonyl (C=O) groups is 5. The number of hydrogen-bond donors (Lipinski definition) is 3. The van der Waals surface area contributed by atoms with Crippen molar-refractivity contribution in [3.8, 4) is 5.88 Å². The fourth-order valence-electron chi connectivity index (χ4n) is 6.49. The van der Waals surface area contributed by atoms with Crippen molar-refractivity contribution in [1.82, 2.24) is 30.6 Å². The van der Waals surface area contributed by atoms with Crippen LogP contribution in [0, 0.1) is 28.6 Å². The zero-order valence-electron chi connectivity index (χ0n) is 26.6. The predicted molar refractivity (Wildman–Crippen MR) is 150 cm³/mol. The van der Waals surface area contributed by atoms with E-state index in [1.807, 2.05) is 13.8 Å². The number of ether oxygens (including phenoxy) is 1. The van der Waals surface area contributed by atoms with Gasteiger partial charge in [-0.1, -0.05) is 34.6 Å². The van der Waals surface area contributed by atoms with Crippen LogP contribution in [0.15, 0.2) is 6.07 Å². The molecule has 0 aromatic carbocycles. The van der Waals surface area contributed by atoms with Crippen LogP contribution in [0.1, 0.15) is 53.2 Å². The Morgan fingerprint density at radius 2 is 1.74 bits per heavy atom. The van der Waals surface area contributed by atoms with Crippen LogP contribution in [0.5, 0.6) is 5.88 Å². The van der Waals surface area contributed by atoms with Crippen LogP contribution < -0.4 is 20.7 Å². The van der Waals surface area contributed by atoms with E-state index in [4.69, 9.17) is 4.74 Å². The summed E-state index contributed by atoms with van der Waals surface area (Å²) in [5.41, 5.74) is -2.87. The molecule has 1 aromatic heterocycles. The van der Waals surface area contributed by atoms with Crippen LogP contribution in [-0.4, -0.2) is 88.1 Å². The number of fused-ring (bicyclic) bond motifs is 1. The van der Waals surface area contributed by atoms with Crippen LogP contribution in [0.25, 0.3) is 0 Å². The molecule has 1 aromatic rings. The zero-order valence-corrected chi connectivity index (χ0v) is 26.6. The van der Waals surface area contributed by atoms with Crippen LogP contribution in [0.3, 0.4) is 0 Å². The molecule has 3 N–H and O–H groups in total. The first kappa shape index (κ1) is 36.0. The molecule has 1 aliphatic carbocycles. The molecule has 2 saturated heterocycles. The average molecular weight is 681 g/mol. The maximum Gasteiger partial charge on any atom is 0.471 e. The molecular formula is C29H38F6N6O6. The maximum atomic E-state index is 13.9. The number of carbonyl (C=O) groups excluding carboxylic acids is 5. The minimum Gasteiger partial charge on any atom is -0.470 e. The van der Waals surface area contributed by atoms with E-state index < -0.39 is 88.9 Å². The second kappa shape index (κ2) is 12.3. The topological polar surface area (TPSA) is 152 Å².